The third-order valence-corrected chi connectivity index (χ3v) is 33.3. The molecule has 34 rings (SSSR count). The Bertz CT molecular complexity index is 9060. The summed E-state index contributed by atoms with van der Waals surface area (Å²) in [7, 11) is 0. The van der Waals surface area contributed by atoms with Crippen molar-refractivity contribution in [3.8, 4) is 114 Å². The molecule has 6 aromatic heterocycles. The summed E-state index contributed by atoms with van der Waals surface area (Å²) in [6.45, 7) is 0.205. The maximum absolute atomic E-state index is 6.53. The van der Waals surface area contributed by atoms with Gasteiger partial charge in [0.1, 0.15) is 114 Å². The van der Waals surface area contributed by atoms with Crippen LogP contribution < -0.4 is 103 Å². The van der Waals surface area contributed by atoms with Crippen molar-refractivity contribution in [3.05, 3.63) is 388 Å². The van der Waals surface area contributed by atoms with Crippen LogP contribution in [0.5, 0.6) is 92.0 Å². The SMILES string of the molecule is c1cc2c3c(c1)Oc1cc4c(cc1B3c1cc3oc5ccccc5c3cc1O2)oc1ccccc14.c1cc2c3c(c1)Oc1cc4c(cc1B3c1cc3sc5ccccc5c3cc1O2)sc1ccccc14.c1cc2c3c(c1)Oc1cc4sc5ccccc5c4cc1B3c1cc3c(cc1O2)sc1ccccc13.c1ccc(-c2cccc(-c3cc4c5c(c3)Oc3ccccc3B5c3ccccc3O4)c2)cc1. The summed E-state index contributed by atoms with van der Waals surface area (Å²) < 4.78 is 74.7. The van der Waals surface area contributed by atoms with Gasteiger partial charge in [0.15, 0.2) is 0 Å². The van der Waals surface area contributed by atoms with Gasteiger partial charge in [0, 0.05) is 124 Å². The summed E-state index contributed by atoms with van der Waals surface area (Å²) in [6, 6.07) is 136. The largest absolute Gasteiger partial charge is 0.458 e. The first-order valence-corrected chi connectivity index (χ1v) is 49.6. The molecular formula is C120H64B4O10S4. The normalized spacial score (nSPS) is 13.3. The minimum Gasteiger partial charge on any atom is -0.458 e. The summed E-state index contributed by atoms with van der Waals surface area (Å²) in [4.78, 5) is 0. The predicted octanol–water partition coefficient (Wildman–Crippen LogP) is 26.3. The number of hydrogen-bond donors (Lipinski definition) is 0. The lowest BCUT2D eigenvalue weighted by Gasteiger charge is -2.33. The van der Waals surface area contributed by atoms with Crippen molar-refractivity contribution in [1.29, 1.82) is 0 Å². The monoisotopic (exact) mass is 1840 g/mol. The van der Waals surface area contributed by atoms with Gasteiger partial charge in [0.2, 0.25) is 0 Å². The molecule has 138 heavy (non-hydrogen) atoms. The van der Waals surface area contributed by atoms with Crippen LogP contribution in [0, 0.1) is 0 Å². The number of furan rings is 2. The first kappa shape index (κ1) is 76.9. The van der Waals surface area contributed by atoms with E-state index in [9.17, 15) is 0 Å². The molecule has 0 amide bonds. The van der Waals surface area contributed by atoms with E-state index in [1.807, 2.05) is 130 Å². The van der Waals surface area contributed by atoms with Crippen LogP contribution in [-0.2, 0) is 0 Å². The highest BCUT2D eigenvalue weighted by Gasteiger charge is 2.46. The maximum atomic E-state index is 6.53. The molecule has 0 N–H and O–H groups in total. The van der Waals surface area contributed by atoms with E-state index in [0.717, 1.165) is 180 Å². The molecule has 14 heterocycles. The van der Waals surface area contributed by atoms with Crippen LogP contribution in [-0.4, -0.2) is 26.9 Å². The highest BCUT2D eigenvalue weighted by Crippen LogP contribution is 2.49. The summed E-state index contributed by atoms with van der Waals surface area (Å²) in [5.41, 5.74) is 21.8. The average molecular weight is 1840 g/mol. The maximum Gasteiger partial charge on any atom is 0.261 e. The fourth-order valence-corrected chi connectivity index (χ4v) is 27.2. The summed E-state index contributed by atoms with van der Waals surface area (Å²) in [5.74, 6) is 14.2. The van der Waals surface area contributed by atoms with E-state index in [4.69, 9.17) is 46.7 Å². The molecule has 26 aromatic rings. The quantitative estimate of drug-likeness (QED) is 0.156. The molecule has 0 bridgehead atoms. The van der Waals surface area contributed by atoms with E-state index in [-0.39, 0.29) is 26.9 Å². The fourth-order valence-electron chi connectivity index (χ4n) is 22.7. The van der Waals surface area contributed by atoms with Crippen molar-refractivity contribution < 1.29 is 46.7 Å². The molecule has 0 spiro atoms. The Hall–Kier alpha value is -16.5. The van der Waals surface area contributed by atoms with Gasteiger partial charge < -0.3 is 46.7 Å². The van der Waals surface area contributed by atoms with Gasteiger partial charge in [-0.05, 0) is 230 Å². The second kappa shape index (κ2) is 29.5. The number of para-hydroxylation sites is 4. The second-order valence-electron chi connectivity index (χ2n) is 36.4. The highest BCUT2D eigenvalue weighted by molar-refractivity contribution is 7.27. The minimum absolute atomic E-state index is 0.0519. The van der Waals surface area contributed by atoms with Crippen molar-refractivity contribution >= 4 is 262 Å². The fraction of sp³-hybridized carbons (Fsp3) is 0. The zero-order valence-corrected chi connectivity index (χ0v) is 76.2. The van der Waals surface area contributed by atoms with E-state index in [1.54, 1.807) is 0 Å². The lowest BCUT2D eigenvalue weighted by Crippen LogP contribution is -2.57. The van der Waals surface area contributed by atoms with E-state index >= 15 is 0 Å². The number of fused-ring (bicyclic) bond motifs is 34. The van der Waals surface area contributed by atoms with Crippen LogP contribution in [0.4, 0.5) is 0 Å². The number of rotatable bonds is 2. The molecule has 20 aromatic carbocycles. The van der Waals surface area contributed by atoms with Gasteiger partial charge in [-0.1, -0.05) is 224 Å². The van der Waals surface area contributed by atoms with E-state index in [2.05, 4.69) is 303 Å². The Morgan fingerprint density at radius 3 is 0.826 bits per heavy atom. The van der Waals surface area contributed by atoms with Crippen LogP contribution in [0.3, 0.4) is 0 Å². The van der Waals surface area contributed by atoms with E-state index < -0.39 is 0 Å². The molecular weight excluding hydrogens is 1770 g/mol. The summed E-state index contributed by atoms with van der Waals surface area (Å²) in [5, 5.41) is 14.6. The lowest BCUT2D eigenvalue weighted by atomic mass is 9.34. The van der Waals surface area contributed by atoms with Crippen LogP contribution in [0.2, 0.25) is 0 Å². The first-order valence-electron chi connectivity index (χ1n) is 46.3. The average Bonchev–Trinajstić information content (AvgIpc) is 1.06. The van der Waals surface area contributed by atoms with Crippen molar-refractivity contribution in [2.24, 2.45) is 0 Å². The molecule has 0 fully saturated rings. The van der Waals surface area contributed by atoms with Gasteiger partial charge in [-0.2, -0.15) is 0 Å². The molecule has 0 saturated heterocycles. The predicted molar refractivity (Wildman–Crippen MR) is 574 cm³/mol. The van der Waals surface area contributed by atoms with Gasteiger partial charge in [0.25, 0.3) is 26.9 Å². The molecule has 8 aliphatic rings. The van der Waals surface area contributed by atoms with Crippen molar-refractivity contribution in [1.82, 2.24) is 0 Å². The molecule has 8 aliphatic heterocycles. The summed E-state index contributed by atoms with van der Waals surface area (Å²) in [6.07, 6.45) is 0. The highest BCUT2D eigenvalue weighted by atomic mass is 32.1. The van der Waals surface area contributed by atoms with Gasteiger partial charge in [-0.3, -0.25) is 0 Å². The Morgan fingerprint density at radius 1 is 0.138 bits per heavy atom. The smallest absolute Gasteiger partial charge is 0.261 e. The number of ether oxygens (including phenoxy) is 8. The second-order valence-corrected chi connectivity index (χ2v) is 40.7. The molecule has 0 saturated carbocycles. The molecule has 0 unspecified atom stereocenters. The zero-order valence-electron chi connectivity index (χ0n) is 73.0. The van der Waals surface area contributed by atoms with Gasteiger partial charge in [-0.15, -0.1) is 45.3 Å². The van der Waals surface area contributed by atoms with Crippen molar-refractivity contribution in [3.63, 3.8) is 0 Å². The Morgan fingerprint density at radius 2 is 0.413 bits per heavy atom. The Kier molecular flexibility index (Phi) is 16.5. The standard InChI is InChI=1S/C30H15BO4.2C30H15BO2S2.C30H19BO2/c1-3-8-22-16(6-1)18-12-28-20(14-26(18)32-22)31-21-15-27-19(17-7-2-4-9-23(17)33-27)13-29(21)35-25-11-5-10-24(34-28)30(25)31;1-3-10-26-16(6-1)18-12-24-20(14-28(18)34-26)31-21-15-29-19(17-7-2-4-11-27(17)35-29)13-25(21)33-23-9-5-8-22(32-24)30(23)31;1-3-10-26-16(6-1)18-12-20-24(14-28(18)34-26)32-22-8-5-9-23-30(22)31(20)21-13-19-17-7-2-4-11-27(17)35-29(19)15-25(21)33-23;1-2-9-20(10-3-1)21-11-8-12-22(17-21)23-18-28-30-29(19-23)33-27-16-7-5-14-25(27)31(30)24-13-4-6-15-26(24)32-28/h3*1-15H;1-19H. The molecule has 0 radical (unpaired) electrons. The molecule has 0 aliphatic carbocycles. The van der Waals surface area contributed by atoms with Crippen LogP contribution in [0.15, 0.2) is 397 Å². The first-order chi connectivity index (χ1) is 68.3. The Balaban J connectivity index is 0.0000000853. The molecule has 18 heteroatoms. The Labute approximate surface area is 805 Å². The molecule has 0 atom stereocenters. The van der Waals surface area contributed by atoms with Gasteiger partial charge in [0.05, 0.1) is 0 Å². The number of benzene rings is 20. The lowest BCUT2D eigenvalue weighted by molar-refractivity contribution is 0.464. The van der Waals surface area contributed by atoms with E-state index in [0.29, 0.717) is 0 Å². The third-order valence-electron chi connectivity index (χ3n) is 28.8. The zero-order chi connectivity index (χ0) is 89.8. The van der Waals surface area contributed by atoms with Crippen LogP contribution in [0.1, 0.15) is 0 Å². The number of thiophene rings is 4. The minimum atomic E-state index is -0.0519. The van der Waals surface area contributed by atoms with Gasteiger partial charge >= 0.3 is 0 Å². The van der Waals surface area contributed by atoms with Crippen molar-refractivity contribution in [2.45, 2.75) is 0 Å². The van der Waals surface area contributed by atoms with Crippen LogP contribution >= 0.6 is 45.3 Å². The van der Waals surface area contributed by atoms with Gasteiger partial charge in [-0.25, -0.2) is 0 Å². The van der Waals surface area contributed by atoms with E-state index in [1.165, 1.54) is 125 Å². The summed E-state index contributed by atoms with van der Waals surface area (Å²) >= 11 is 7.36. The third kappa shape index (κ3) is 11.7. The molecule has 10 nitrogen and oxygen atoms in total. The topological polar surface area (TPSA) is 100 Å². The van der Waals surface area contributed by atoms with Crippen molar-refractivity contribution in [2.75, 3.05) is 0 Å². The molecule has 640 valence electrons. The van der Waals surface area contributed by atoms with Crippen LogP contribution in [0.25, 0.3) is 147 Å². The number of hydrogen-bond acceptors (Lipinski definition) is 14.